The first-order valence-electron chi connectivity index (χ1n) is 8.05. The minimum atomic E-state index is -0.195. The first-order valence-corrected chi connectivity index (χ1v) is 8.05. The van der Waals surface area contributed by atoms with Gasteiger partial charge in [-0.1, -0.05) is 6.07 Å². The van der Waals surface area contributed by atoms with E-state index >= 15 is 0 Å². The summed E-state index contributed by atoms with van der Waals surface area (Å²) in [5.41, 5.74) is 4.23. The molecule has 3 heterocycles. The lowest BCUT2D eigenvalue weighted by molar-refractivity contribution is 0.0326. The molecular formula is C18H22N2O2. The number of benzene rings is 1. The average Bonchev–Trinajstić information content (AvgIpc) is 3.22. The Labute approximate surface area is 130 Å². The molecule has 2 aliphatic heterocycles. The Hall–Kier alpha value is -1.81. The third kappa shape index (κ3) is 2.05. The van der Waals surface area contributed by atoms with Crippen LogP contribution in [0.4, 0.5) is 0 Å². The lowest BCUT2D eigenvalue weighted by Gasteiger charge is -2.24. The largest absolute Gasteiger partial charge is 0.461 e. The number of esters is 1. The monoisotopic (exact) mass is 298 g/mol. The van der Waals surface area contributed by atoms with E-state index in [1.165, 1.54) is 5.56 Å². The lowest BCUT2D eigenvalue weighted by atomic mass is 9.86. The van der Waals surface area contributed by atoms with Gasteiger partial charge >= 0.3 is 5.97 Å². The number of aromatic amines is 1. The van der Waals surface area contributed by atoms with Gasteiger partial charge in [-0.3, -0.25) is 0 Å². The molecule has 2 bridgehead atoms. The van der Waals surface area contributed by atoms with Crippen molar-refractivity contribution >= 4 is 16.9 Å². The Balaban J connectivity index is 1.57. The first kappa shape index (κ1) is 13.8. The summed E-state index contributed by atoms with van der Waals surface area (Å²) in [7, 11) is 0. The minimum Gasteiger partial charge on any atom is -0.461 e. The van der Waals surface area contributed by atoms with Gasteiger partial charge in [-0.25, -0.2) is 4.79 Å². The fraction of sp³-hybridized carbons (Fsp3) is 0.500. The second kappa shape index (κ2) is 4.85. The molecule has 0 atom stereocenters. The van der Waals surface area contributed by atoms with Crippen LogP contribution in [0.15, 0.2) is 18.3 Å². The van der Waals surface area contributed by atoms with Crippen LogP contribution < -0.4 is 0 Å². The number of carbonyl (C=O) groups is 1. The number of rotatable bonds is 3. The Morgan fingerprint density at radius 2 is 2.09 bits per heavy atom. The maximum atomic E-state index is 12.6. The maximum absolute atomic E-state index is 12.6. The van der Waals surface area contributed by atoms with E-state index < -0.39 is 0 Å². The number of aromatic nitrogens is 1. The van der Waals surface area contributed by atoms with Crippen LogP contribution in [0, 0.1) is 19.3 Å². The number of H-pyrrole nitrogens is 1. The van der Waals surface area contributed by atoms with Crippen molar-refractivity contribution in [1.82, 2.24) is 9.88 Å². The van der Waals surface area contributed by atoms with Gasteiger partial charge in [-0.2, -0.15) is 0 Å². The van der Waals surface area contributed by atoms with Gasteiger partial charge in [0.1, 0.15) is 0 Å². The van der Waals surface area contributed by atoms with E-state index in [0.717, 1.165) is 48.9 Å². The third-order valence-electron chi connectivity index (χ3n) is 5.58. The quantitative estimate of drug-likeness (QED) is 0.886. The predicted octanol–water partition coefficient (Wildman–Crippen LogP) is 3.04. The Kier molecular flexibility index (Phi) is 3.05. The summed E-state index contributed by atoms with van der Waals surface area (Å²) in [6.45, 7) is 8.09. The van der Waals surface area contributed by atoms with Crippen molar-refractivity contribution in [1.29, 1.82) is 0 Å². The molecule has 2 fully saturated rings. The van der Waals surface area contributed by atoms with Crippen LogP contribution in [0.2, 0.25) is 0 Å². The van der Waals surface area contributed by atoms with E-state index in [1.807, 2.05) is 6.07 Å². The summed E-state index contributed by atoms with van der Waals surface area (Å²) in [5.74, 6) is -0.195. The molecule has 0 spiro atoms. The third-order valence-corrected chi connectivity index (χ3v) is 5.58. The number of hydrogen-bond donors (Lipinski definition) is 1. The Morgan fingerprint density at radius 3 is 2.77 bits per heavy atom. The van der Waals surface area contributed by atoms with E-state index in [4.69, 9.17) is 4.74 Å². The molecule has 22 heavy (non-hydrogen) atoms. The average molecular weight is 298 g/mol. The van der Waals surface area contributed by atoms with Gasteiger partial charge < -0.3 is 14.6 Å². The summed E-state index contributed by atoms with van der Waals surface area (Å²) in [5, 5.41) is 1.00. The molecule has 1 aromatic heterocycles. The zero-order valence-corrected chi connectivity index (χ0v) is 13.2. The zero-order valence-electron chi connectivity index (χ0n) is 13.2. The summed E-state index contributed by atoms with van der Waals surface area (Å²) >= 11 is 0. The second-order valence-electron chi connectivity index (χ2n) is 6.98. The second-order valence-corrected chi connectivity index (χ2v) is 6.98. The highest BCUT2D eigenvalue weighted by Gasteiger charge is 2.44. The van der Waals surface area contributed by atoms with Crippen LogP contribution in [0.1, 0.15) is 34.3 Å². The molecule has 1 aromatic carbocycles. The lowest BCUT2D eigenvalue weighted by Crippen LogP contribution is -2.27. The van der Waals surface area contributed by atoms with E-state index in [2.05, 4.69) is 29.8 Å². The van der Waals surface area contributed by atoms with E-state index in [-0.39, 0.29) is 11.4 Å². The smallest absolute Gasteiger partial charge is 0.340 e. The predicted molar refractivity (Wildman–Crippen MR) is 86.2 cm³/mol. The number of nitrogens with zero attached hydrogens (tertiary/aromatic N) is 1. The van der Waals surface area contributed by atoms with Crippen LogP contribution in [0.5, 0.6) is 0 Å². The van der Waals surface area contributed by atoms with Crippen molar-refractivity contribution in [2.45, 2.75) is 26.7 Å². The summed E-state index contributed by atoms with van der Waals surface area (Å²) in [4.78, 5) is 18.2. The standard InChI is InChI=1S/C18H22N2O2/c1-12-3-4-15-16(13(12)2)14(9-19-15)17(21)22-11-18-5-7-20(10-18)8-6-18/h3-4,9,19H,5-8,10-11H2,1-2H3. The SMILES string of the molecule is Cc1ccc2[nH]cc(C(=O)OCC34CCN(CC3)C4)c2c1C. The van der Waals surface area contributed by atoms with Gasteiger partial charge in [0.2, 0.25) is 0 Å². The topological polar surface area (TPSA) is 45.3 Å². The molecule has 0 radical (unpaired) electrons. The summed E-state index contributed by atoms with van der Waals surface area (Å²) in [6.07, 6.45) is 4.10. The molecule has 4 rings (SSSR count). The van der Waals surface area contributed by atoms with Crippen molar-refractivity contribution in [3.05, 3.63) is 35.0 Å². The molecule has 4 nitrogen and oxygen atoms in total. The Morgan fingerprint density at radius 1 is 1.32 bits per heavy atom. The Bertz CT molecular complexity index is 739. The molecule has 4 heteroatoms. The number of fused-ring (bicyclic) bond motifs is 3. The maximum Gasteiger partial charge on any atom is 0.340 e. The van der Waals surface area contributed by atoms with Crippen molar-refractivity contribution in [3.63, 3.8) is 0 Å². The molecule has 2 saturated heterocycles. The fourth-order valence-electron chi connectivity index (χ4n) is 3.97. The summed E-state index contributed by atoms with van der Waals surface area (Å²) < 4.78 is 5.71. The highest BCUT2D eigenvalue weighted by atomic mass is 16.5. The van der Waals surface area contributed by atoms with Gasteiger partial charge in [-0.05, 0) is 57.0 Å². The zero-order chi connectivity index (χ0) is 15.3. The van der Waals surface area contributed by atoms with E-state index in [1.54, 1.807) is 6.20 Å². The van der Waals surface area contributed by atoms with Crippen molar-refractivity contribution in [2.75, 3.05) is 26.2 Å². The van der Waals surface area contributed by atoms with Crippen LogP contribution in [-0.2, 0) is 4.74 Å². The van der Waals surface area contributed by atoms with Gasteiger partial charge in [0.15, 0.2) is 0 Å². The molecule has 2 aromatic rings. The molecule has 0 saturated carbocycles. The van der Waals surface area contributed by atoms with E-state index in [0.29, 0.717) is 12.2 Å². The van der Waals surface area contributed by atoms with Crippen molar-refractivity contribution in [3.8, 4) is 0 Å². The van der Waals surface area contributed by atoms with Gasteiger partial charge in [0, 0.05) is 29.1 Å². The van der Waals surface area contributed by atoms with E-state index in [9.17, 15) is 4.79 Å². The van der Waals surface area contributed by atoms with Gasteiger partial charge in [-0.15, -0.1) is 0 Å². The van der Waals surface area contributed by atoms with Crippen LogP contribution in [0.25, 0.3) is 10.9 Å². The van der Waals surface area contributed by atoms with Gasteiger partial charge in [0.25, 0.3) is 0 Å². The van der Waals surface area contributed by atoms with Crippen LogP contribution >= 0.6 is 0 Å². The van der Waals surface area contributed by atoms with Crippen molar-refractivity contribution < 1.29 is 9.53 Å². The molecule has 0 aliphatic carbocycles. The summed E-state index contributed by atoms with van der Waals surface area (Å²) in [6, 6.07) is 4.10. The molecule has 0 amide bonds. The molecule has 2 aliphatic rings. The van der Waals surface area contributed by atoms with Gasteiger partial charge in [0.05, 0.1) is 12.2 Å². The number of nitrogens with one attached hydrogen (secondary N) is 1. The number of aryl methyl sites for hydroxylation is 2. The number of carbonyl (C=O) groups excluding carboxylic acids is 1. The molecule has 0 unspecified atom stereocenters. The highest BCUT2D eigenvalue weighted by molar-refractivity contribution is 6.05. The first-order chi connectivity index (χ1) is 10.6. The number of piperidine rings is 1. The number of hydrogen-bond acceptors (Lipinski definition) is 3. The minimum absolute atomic E-state index is 0.195. The van der Waals surface area contributed by atoms with Crippen LogP contribution in [-0.4, -0.2) is 42.1 Å². The normalized spacial score (nSPS) is 26.7. The van der Waals surface area contributed by atoms with Crippen LogP contribution in [0.3, 0.4) is 0 Å². The fourth-order valence-corrected chi connectivity index (χ4v) is 3.97. The number of ether oxygens (including phenoxy) is 1. The highest BCUT2D eigenvalue weighted by Crippen LogP contribution is 2.40. The van der Waals surface area contributed by atoms with Crippen molar-refractivity contribution in [2.24, 2.45) is 5.41 Å². The molecule has 116 valence electrons. The molecule has 1 N–H and O–H groups in total. The molecular weight excluding hydrogens is 276 g/mol.